The van der Waals surface area contributed by atoms with Crippen LogP contribution in [0.4, 0.5) is 5.69 Å². The molecule has 0 saturated carbocycles. The molecule has 0 fully saturated rings. The van der Waals surface area contributed by atoms with E-state index < -0.39 is 0 Å². The Morgan fingerprint density at radius 2 is 1.82 bits per heavy atom. The molecule has 0 bridgehead atoms. The minimum atomic E-state index is -0.102. The summed E-state index contributed by atoms with van der Waals surface area (Å²) in [6.45, 7) is 8.30. The van der Waals surface area contributed by atoms with E-state index in [2.05, 4.69) is 42.7 Å². The Kier molecular flexibility index (Phi) is 8.64. The summed E-state index contributed by atoms with van der Waals surface area (Å²) in [7, 11) is 1.78. The van der Waals surface area contributed by atoms with Gasteiger partial charge in [0.15, 0.2) is 11.6 Å². The van der Waals surface area contributed by atoms with Gasteiger partial charge in [-0.25, -0.2) is 0 Å². The van der Waals surface area contributed by atoms with E-state index in [1.54, 1.807) is 13.1 Å². The number of Topliss-reactive ketones (excluding diaryl/α,β-unsaturated/α-hetero) is 2. The van der Waals surface area contributed by atoms with E-state index in [0.717, 1.165) is 31.4 Å². The summed E-state index contributed by atoms with van der Waals surface area (Å²) in [5.74, 6) is -0.180. The maximum atomic E-state index is 13.6. The first-order valence-corrected chi connectivity index (χ1v) is 12.4. The molecule has 178 valence electrons. The van der Waals surface area contributed by atoms with E-state index in [-0.39, 0.29) is 11.6 Å². The molecule has 0 atom stereocenters. The minimum Gasteiger partial charge on any atom is -0.388 e. The molecule has 0 amide bonds. The van der Waals surface area contributed by atoms with Crippen molar-refractivity contribution in [1.29, 1.82) is 0 Å². The van der Waals surface area contributed by atoms with Crippen LogP contribution in [0.3, 0.4) is 0 Å². The maximum absolute atomic E-state index is 13.6. The SMILES string of the molecule is CC.CCCCC1=CC(Nc2cccc3c2C(=O)C2=C(C3=O)C(NC)=CC=CC2)=C(C)CC=C1. The van der Waals surface area contributed by atoms with Crippen molar-refractivity contribution >= 4 is 17.3 Å². The second-order valence-electron chi connectivity index (χ2n) is 8.45. The van der Waals surface area contributed by atoms with Gasteiger partial charge < -0.3 is 10.6 Å². The van der Waals surface area contributed by atoms with Gasteiger partial charge in [-0.15, -0.1) is 0 Å². The van der Waals surface area contributed by atoms with Gasteiger partial charge in [0.05, 0.1) is 16.8 Å². The molecule has 1 aromatic carbocycles. The Morgan fingerprint density at radius 1 is 1.03 bits per heavy atom. The molecule has 1 aromatic rings. The third-order valence-electron chi connectivity index (χ3n) is 6.23. The summed E-state index contributed by atoms with van der Waals surface area (Å²) in [6.07, 6.45) is 16.9. The molecule has 3 aliphatic rings. The van der Waals surface area contributed by atoms with Crippen molar-refractivity contribution in [3.63, 3.8) is 0 Å². The van der Waals surface area contributed by atoms with Gasteiger partial charge in [0.2, 0.25) is 0 Å². The molecule has 4 rings (SSSR count). The van der Waals surface area contributed by atoms with Gasteiger partial charge in [0.25, 0.3) is 0 Å². The molecule has 0 aliphatic heterocycles. The molecule has 34 heavy (non-hydrogen) atoms. The number of rotatable bonds is 6. The number of benzene rings is 1. The zero-order valence-electron chi connectivity index (χ0n) is 21.0. The van der Waals surface area contributed by atoms with E-state index in [1.807, 2.05) is 44.2 Å². The number of carbonyl (C=O) groups is 2. The maximum Gasteiger partial charge on any atom is 0.196 e. The fraction of sp³-hybridized carbons (Fsp3) is 0.333. The molecule has 4 nitrogen and oxygen atoms in total. The van der Waals surface area contributed by atoms with Crippen molar-refractivity contribution < 1.29 is 9.59 Å². The highest BCUT2D eigenvalue weighted by Gasteiger charge is 2.35. The van der Waals surface area contributed by atoms with Crippen LogP contribution < -0.4 is 10.6 Å². The van der Waals surface area contributed by atoms with Crippen LogP contribution in [-0.2, 0) is 0 Å². The molecule has 0 radical (unpaired) electrons. The number of ketones is 2. The lowest BCUT2D eigenvalue weighted by molar-refractivity contribution is 0.0975. The highest BCUT2D eigenvalue weighted by atomic mass is 16.1. The molecular weight excluding hydrogens is 420 g/mol. The van der Waals surface area contributed by atoms with Gasteiger partial charge in [0.1, 0.15) is 0 Å². The van der Waals surface area contributed by atoms with Crippen molar-refractivity contribution in [3.8, 4) is 0 Å². The van der Waals surface area contributed by atoms with Gasteiger partial charge in [0, 0.05) is 29.6 Å². The summed E-state index contributed by atoms with van der Waals surface area (Å²) in [4.78, 5) is 27.1. The number of allylic oxidation sites excluding steroid dienone is 10. The Hall–Kier alpha value is -3.40. The van der Waals surface area contributed by atoms with Crippen molar-refractivity contribution in [1.82, 2.24) is 5.32 Å². The van der Waals surface area contributed by atoms with Crippen molar-refractivity contribution in [2.24, 2.45) is 0 Å². The third kappa shape index (κ3) is 5.06. The predicted molar refractivity (Wildman–Crippen MR) is 142 cm³/mol. The highest BCUT2D eigenvalue weighted by molar-refractivity contribution is 6.30. The average Bonchev–Trinajstić information content (AvgIpc) is 3.18. The summed E-state index contributed by atoms with van der Waals surface area (Å²) in [6, 6.07) is 5.51. The number of hydrogen-bond donors (Lipinski definition) is 2. The largest absolute Gasteiger partial charge is 0.388 e. The summed E-state index contributed by atoms with van der Waals surface area (Å²) >= 11 is 0. The molecule has 0 heterocycles. The first-order valence-electron chi connectivity index (χ1n) is 12.4. The van der Waals surface area contributed by atoms with Crippen molar-refractivity contribution in [2.75, 3.05) is 12.4 Å². The van der Waals surface area contributed by atoms with Crippen molar-refractivity contribution in [3.05, 3.63) is 99.5 Å². The number of nitrogens with one attached hydrogen (secondary N) is 2. The van der Waals surface area contributed by atoms with Gasteiger partial charge >= 0.3 is 0 Å². The molecule has 0 unspecified atom stereocenters. The lowest BCUT2D eigenvalue weighted by atomic mass is 9.81. The molecule has 0 spiro atoms. The van der Waals surface area contributed by atoms with E-state index in [4.69, 9.17) is 0 Å². The van der Waals surface area contributed by atoms with Crippen molar-refractivity contribution in [2.45, 2.75) is 59.8 Å². The molecule has 0 aromatic heterocycles. The zero-order chi connectivity index (χ0) is 24.7. The van der Waals surface area contributed by atoms with Crippen LogP contribution in [0.5, 0.6) is 0 Å². The molecule has 4 heteroatoms. The van der Waals surface area contributed by atoms with Crippen LogP contribution in [-0.4, -0.2) is 18.6 Å². The summed E-state index contributed by atoms with van der Waals surface area (Å²) in [5, 5.41) is 6.59. The summed E-state index contributed by atoms with van der Waals surface area (Å²) in [5.41, 5.74) is 6.85. The molecule has 2 N–H and O–H groups in total. The van der Waals surface area contributed by atoms with Gasteiger partial charge in [-0.05, 0) is 62.0 Å². The number of likely N-dealkylation sites (N-methyl/N-ethyl adjacent to an activating group) is 1. The van der Waals surface area contributed by atoms with Crippen LogP contribution in [0.15, 0.2) is 88.3 Å². The summed E-state index contributed by atoms with van der Waals surface area (Å²) < 4.78 is 0. The highest BCUT2D eigenvalue weighted by Crippen LogP contribution is 2.37. The van der Waals surface area contributed by atoms with E-state index in [0.29, 0.717) is 40.1 Å². The lowest BCUT2D eigenvalue weighted by Crippen LogP contribution is -2.27. The zero-order valence-corrected chi connectivity index (χ0v) is 21.0. The van der Waals surface area contributed by atoms with Gasteiger partial charge in [-0.2, -0.15) is 0 Å². The normalized spacial score (nSPS) is 17.1. The van der Waals surface area contributed by atoms with Gasteiger partial charge in [-0.3, -0.25) is 9.59 Å². The fourth-order valence-electron chi connectivity index (χ4n) is 4.43. The Labute approximate surface area is 203 Å². The third-order valence-corrected chi connectivity index (χ3v) is 6.23. The number of anilines is 1. The fourth-order valence-corrected chi connectivity index (χ4v) is 4.43. The lowest BCUT2D eigenvalue weighted by Gasteiger charge is -2.24. The van der Waals surface area contributed by atoms with Crippen LogP contribution in [0, 0.1) is 0 Å². The second-order valence-corrected chi connectivity index (χ2v) is 8.45. The van der Waals surface area contributed by atoms with E-state index >= 15 is 0 Å². The van der Waals surface area contributed by atoms with Crippen LogP contribution >= 0.6 is 0 Å². The standard InChI is InChI=1S/C28H30N2O2.C2H6/c1-4-5-11-19-12-8-10-18(2)24(17-19)30-23-16-9-14-21-26(23)28(32)20-13-6-7-15-22(29-3)25(20)27(21)31;1-2/h6-9,12,14-17,29-30H,4-5,10-11,13H2,1-3H3;1-2H3. The number of unbranched alkanes of at least 4 members (excludes halogenated alkanes) is 1. The quantitative estimate of drug-likeness (QED) is 0.475. The number of hydrogen-bond acceptors (Lipinski definition) is 4. The van der Waals surface area contributed by atoms with Crippen LogP contribution in [0.1, 0.15) is 80.5 Å². The Balaban J connectivity index is 0.00000158. The Morgan fingerprint density at radius 3 is 2.56 bits per heavy atom. The number of fused-ring (bicyclic) bond motifs is 1. The first kappa shape index (κ1) is 25.2. The molecule has 3 aliphatic carbocycles. The first-order chi connectivity index (χ1) is 16.5. The Bertz CT molecular complexity index is 1160. The topological polar surface area (TPSA) is 58.2 Å². The second kappa shape index (κ2) is 11.6. The monoisotopic (exact) mass is 456 g/mol. The van der Waals surface area contributed by atoms with Crippen LogP contribution in [0.2, 0.25) is 0 Å². The molecule has 0 saturated heterocycles. The molecular formula is C30H36N2O2. The van der Waals surface area contributed by atoms with E-state index in [9.17, 15) is 9.59 Å². The van der Waals surface area contributed by atoms with Gasteiger partial charge in [-0.1, -0.05) is 63.6 Å². The predicted octanol–water partition coefficient (Wildman–Crippen LogP) is 7.21. The number of carbonyl (C=O) groups excluding carboxylic acids is 2. The van der Waals surface area contributed by atoms with Crippen LogP contribution in [0.25, 0.3) is 0 Å². The smallest absolute Gasteiger partial charge is 0.196 e. The average molecular weight is 457 g/mol. The minimum absolute atomic E-state index is 0.0782. The van der Waals surface area contributed by atoms with E-state index in [1.165, 1.54) is 11.1 Å².